The summed E-state index contributed by atoms with van der Waals surface area (Å²) in [7, 11) is 2.11. The highest BCUT2D eigenvalue weighted by Crippen LogP contribution is 2.12. The molecule has 0 radical (unpaired) electrons. The van der Waals surface area contributed by atoms with E-state index in [1.807, 2.05) is 12.1 Å². The fourth-order valence-corrected chi connectivity index (χ4v) is 2.37. The van der Waals surface area contributed by atoms with Gasteiger partial charge in [-0.1, -0.05) is 24.3 Å². The molecule has 1 amide bonds. The van der Waals surface area contributed by atoms with Gasteiger partial charge in [0.2, 0.25) is 0 Å². The Kier molecular flexibility index (Phi) is 6.36. The minimum absolute atomic E-state index is 0.0424. The molecule has 0 saturated carbocycles. The monoisotopic (exact) mass is 305 g/mol. The molecule has 1 aliphatic heterocycles. The van der Waals surface area contributed by atoms with Crippen LogP contribution in [-0.2, 0) is 22.6 Å². The van der Waals surface area contributed by atoms with Gasteiger partial charge >= 0.3 is 0 Å². The number of carbonyl (C=O) groups excluding carboxylic acids is 1. The Labute approximate surface area is 133 Å². The molecule has 5 heteroatoms. The molecule has 1 aromatic carbocycles. The zero-order valence-electron chi connectivity index (χ0n) is 13.8. The van der Waals surface area contributed by atoms with Crippen molar-refractivity contribution in [3.63, 3.8) is 0 Å². The molecule has 1 unspecified atom stereocenters. The molecule has 1 atom stereocenters. The van der Waals surface area contributed by atoms with Gasteiger partial charge in [-0.25, -0.2) is 0 Å². The van der Waals surface area contributed by atoms with E-state index in [-0.39, 0.29) is 12.0 Å². The Morgan fingerprint density at radius 3 is 2.77 bits per heavy atom. The smallest absolute Gasteiger partial charge is 0.250 e. The maximum absolute atomic E-state index is 12.1. The molecule has 0 spiro atoms. The average Bonchev–Trinajstić information content (AvgIpc) is 2.54. The Balaban J connectivity index is 1.93. The van der Waals surface area contributed by atoms with E-state index in [2.05, 4.69) is 48.6 Å². The third-order valence-corrected chi connectivity index (χ3v) is 4.09. The molecule has 5 nitrogen and oxygen atoms in total. The van der Waals surface area contributed by atoms with E-state index in [9.17, 15) is 4.79 Å². The predicted molar refractivity (Wildman–Crippen MR) is 87.5 cm³/mol. The second kappa shape index (κ2) is 8.27. The average molecular weight is 305 g/mol. The number of benzene rings is 1. The van der Waals surface area contributed by atoms with Crippen molar-refractivity contribution in [2.75, 3.05) is 26.7 Å². The lowest BCUT2D eigenvalue weighted by molar-refractivity contribution is -0.134. The molecule has 1 heterocycles. The van der Waals surface area contributed by atoms with Crippen LogP contribution in [-0.4, -0.2) is 49.7 Å². The van der Waals surface area contributed by atoms with E-state index in [0.717, 1.165) is 18.7 Å². The number of amides is 1. The third-order valence-electron chi connectivity index (χ3n) is 4.09. The van der Waals surface area contributed by atoms with Gasteiger partial charge < -0.3 is 15.4 Å². The van der Waals surface area contributed by atoms with Crippen LogP contribution in [0.1, 0.15) is 25.0 Å². The van der Waals surface area contributed by atoms with Crippen LogP contribution in [0.15, 0.2) is 24.3 Å². The van der Waals surface area contributed by atoms with Crippen molar-refractivity contribution < 1.29 is 9.53 Å². The molecular formula is C17H27N3O2. The lowest BCUT2D eigenvalue weighted by Crippen LogP contribution is -2.47. The van der Waals surface area contributed by atoms with Crippen LogP contribution >= 0.6 is 0 Å². The number of hydrogen-bond donors (Lipinski definition) is 2. The molecular weight excluding hydrogens is 278 g/mol. The van der Waals surface area contributed by atoms with Crippen molar-refractivity contribution in [3.05, 3.63) is 35.4 Å². The Hall–Kier alpha value is -1.43. The van der Waals surface area contributed by atoms with Gasteiger partial charge in [0.25, 0.3) is 5.91 Å². The van der Waals surface area contributed by atoms with E-state index < -0.39 is 0 Å². The zero-order chi connectivity index (χ0) is 15.9. The van der Waals surface area contributed by atoms with E-state index in [0.29, 0.717) is 25.7 Å². The summed E-state index contributed by atoms with van der Waals surface area (Å²) in [6.07, 6.45) is -0.376. The van der Waals surface area contributed by atoms with E-state index >= 15 is 0 Å². The van der Waals surface area contributed by atoms with Crippen molar-refractivity contribution in [3.8, 4) is 0 Å². The van der Waals surface area contributed by atoms with Gasteiger partial charge in [0.1, 0.15) is 6.10 Å². The summed E-state index contributed by atoms with van der Waals surface area (Å²) in [4.78, 5) is 14.4. The van der Waals surface area contributed by atoms with Gasteiger partial charge in [0.15, 0.2) is 0 Å². The number of carbonyl (C=O) groups is 1. The summed E-state index contributed by atoms with van der Waals surface area (Å²) in [5, 5.41) is 6.16. The van der Waals surface area contributed by atoms with Gasteiger partial charge in [0.05, 0.1) is 6.61 Å². The number of nitrogens with one attached hydrogen (secondary N) is 2. The summed E-state index contributed by atoms with van der Waals surface area (Å²) >= 11 is 0. The van der Waals surface area contributed by atoms with E-state index in [4.69, 9.17) is 4.74 Å². The van der Waals surface area contributed by atoms with Crippen LogP contribution in [0.25, 0.3) is 0 Å². The zero-order valence-corrected chi connectivity index (χ0v) is 13.8. The van der Waals surface area contributed by atoms with Crippen molar-refractivity contribution in [1.82, 2.24) is 15.5 Å². The Morgan fingerprint density at radius 1 is 1.41 bits per heavy atom. The molecule has 0 bridgehead atoms. The first-order chi connectivity index (χ1) is 10.6. The molecule has 0 aliphatic carbocycles. The van der Waals surface area contributed by atoms with Crippen LogP contribution in [0.4, 0.5) is 0 Å². The normalized spacial score (nSPS) is 18.7. The number of hydrogen-bond acceptors (Lipinski definition) is 4. The number of ether oxygens (including phenoxy) is 1. The van der Waals surface area contributed by atoms with Gasteiger partial charge in [-0.05, 0) is 32.0 Å². The molecule has 1 saturated heterocycles. The quantitative estimate of drug-likeness (QED) is 0.827. The highest BCUT2D eigenvalue weighted by molar-refractivity contribution is 5.81. The van der Waals surface area contributed by atoms with E-state index in [1.165, 1.54) is 5.56 Å². The van der Waals surface area contributed by atoms with Crippen molar-refractivity contribution in [1.29, 1.82) is 0 Å². The van der Waals surface area contributed by atoms with Crippen molar-refractivity contribution in [2.45, 2.75) is 39.1 Å². The minimum Gasteiger partial charge on any atom is -0.366 e. The second-order valence-electron chi connectivity index (χ2n) is 6.06. The van der Waals surface area contributed by atoms with Crippen LogP contribution in [0, 0.1) is 0 Å². The number of nitrogens with zero attached hydrogens (tertiary/aromatic N) is 1. The lowest BCUT2D eigenvalue weighted by atomic mass is 10.1. The first-order valence-electron chi connectivity index (χ1n) is 7.95. The Bertz CT molecular complexity index is 485. The molecule has 22 heavy (non-hydrogen) atoms. The van der Waals surface area contributed by atoms with Crippen molar-refractivity contribution in [2.24, 2.45) is 0 Å². The molecule has 2 rings (SSSR count). The van der Waals surface area contributed by atoms with E-state index in [1.54, 1.807) is 0 Å². The standard InChI is InChI=1S/C17H27N3O2/c1-13(2)20(3)12-15-7-5-4-6-14(15)10-19-17(21)16-11-18-8-9-22-16/h4-7,13,16,18H,8-12H2,1-3H3,(H,19,21). The lowest BCUT2D eigenvalue weighted by Gasteiger charge is -2.24. The highest BCUT2D eigenvalue weighted by atomic mass is 16.5. The first-order valence-corrected chi connectivity index (χ1v) is 7.95. The molecule has 1 aliphatic rings. The van der Waals surface area contributed by atoms with Crippen LogP contribution in [0.5, 0.6) is 0 Å². The molecule has 1 aromatic rings. The number of rotatable bonds is 6. The van der Waals surface area contributed by atoms with Gasteiger partial charge in [-0.15, -0.1) is 0 Å². The SMILES string of the molecule is CC(C)N(C)Cc1ccccc1CNC(=O)C1CNCCO1. The highest BCUT2D eigenvalue weighted by Gasteiger charge is 2.21. The fourth-order valence-electron chi connectivity index (χ4n) is 2.37. The largest absolute Gasteiger partial charge is 0.366 e. The maximum atomic E-state index is 12.1. The first kappa shape index (κ1) is 16.9. The minimum atomic E-state index is -0.376. The maximum Gasteiger partial charge on any atom is 0.250 e. The Morgan fingerprint density at radius 2 is 2.14 bits per heavy atom. The van der Waals surface area contributed by atoms with Crippen LogP contribution < -0.4 is 10.6 Å². The fraction of sp³-hybridized carbons (Fsp3) is 0.588. The summed E-state index contributed by atoms with van der Waals surface area (Å²) in [5.41, 5.74) is 2.41. The summed E-state index contributed by atoms with van der Waals surface area (Å²) in [6, 6.07) is 8.74. The molecule has 2 N–H and O–H groups in total. The summed E-state index contributed by atoms with van der Waals surface area (Å²) in [5.74, 6) is -0.0424. The second-order valence-corrected chi connectivity index (χ2v) is 6.06. The van der Waals surface area contributed by atoms with Gasteiger partial charge in [-0.3, -0.25) is 9.69 Å². The number of morpholine rings is 1. The van der Waals surface area contributed by atoms with Crippen molar-refractivity contribution >= 4 is 5.91 Å². The third kappa shape index (κ3) is 4.80. The summed E-state index contributed by atoms with van der Waals surface area (Å²) < 4.78 is 5.47. The molecule has 122 valence electrons. The van der Waals surface area contributed by atoms with Gasteiger partial charge in [-0.2, -0.15) is 0 Å². The predicted octanol–water partition coefficient (Wildman–Crippen LogP) is 1.13. The topological polar surface area (TPSA) is 53.6 Å². The van der Waals surface area contributed by atoms with Crippen LogP contribution in [0.2, 0.25) is 0 Å². The van der Waals surface area contributed by atoms with Crippen LogP contribution in [0.3, 0.4) is 0 Å². The molecule has 0 aromatic heterocycles. The van der Waals surface area contributed by atoms with Gasteiger partial charge in [0, 0.05) is 32.2 Å². The molecule has 1 fully saturated rings. The summed E-state index contributed by atoms with van der Waals surface area (Å²) in [6.45, 7) is 7.77.